The highest BCUT2D eigenvalue weighted by Crippen LogP contribution is 2.28. The molecule has 0 radical (unpaired) electrons. The minimum atomic E-state index is 0.282. The molecule has 21 heavy (non-hydrogen) atoms. The van der Waals surface area contributed by atoms with Gasteiger partial charge in [-0.15, -0.1) is 10.2 Å². The first-order valence-corrected chi connectivity index (χ1v) is 8.14. The van der Waals surface area contributed by atoms with E-state index < -0.39 is 0 Å². The fourth-order valence-corrected chi connectivity index (χ4v) is 3.42. The van der Waals surface area contributed by atoms with E-state index in [0.29, 0.717) is 5.92 Å². The number of aromatic nitrogens is 4. The molecule has 0 spiro atoms. The highest BCUT2D eigenvalue weighted by atomic mass is 32.1. The maximum Gasteiger partial charge on any atom is 0.234 e. The van der Waals surface area contributed by atoms with Gasteiger partial charge in [-0.1, -0.05) is 56.4 Å². The summed E-state index contributed by atoms with van der Waals surface area (Å²) < 4.78 is 1.82. The molecular formula is C16H20N4S. The molecule has 0 fully saturated rings. The van der Waals surface area contributed by atoms with Crippen LogP contribution in [0.15, 0.2) is 24.3 Å². The molecule has 0 saturated heterocycles. The predicted octanol–water partition coefficient (Wildman–Crippen LogP) is 3.84. The Kier molecular flexibility index (Phi) is 3.76. The van der Waals surface area contributed by atoms with Crippen LogP contribution in [0.4, 0.5) is 0 Å². The Labute approximate surface area is 128 Å². The van der Waals surface area contributed by atoms with Gasteiger partial charge < -0.3 is 0 Å². The van der Waals surface area contributed by atoms with Crippen LogP contribution in [-0.4, -0.2) is 19.8 Å². The van der Waals surface area contributed by atoms with Gasteiger partial charge in [0.05, 0.1) is 0 Å². The van der Waals surface area contributed by atoms with E-state index in [9.17, 15) is 0 Å². The van der Waals surface area contributed by atoms with Crippen molar-refractivity contribution in [2.75, 3.05) is 0 Å². The van der Waals surface area contributed by atoms with Crippen LogP contribution in [0.25, 0.3) is 4.96 Å². The maximum atomic E-state index is 4.63. The van der Waals surface area contributed by atoms with Crippen LogP contribution in [0, 0.1) is 12.8 Å². The normalized spacial score (nSPS) is 13.2. The van der Waals surface area contributed by atoms with Crippen molar-refractivity contribution in [1.82, 2.24) is 19.8 Å². The molecule has 3 aromatic rings. The van der Waals surface area contributed by atoms with Crippen molar-refractivity contribution in [3.05, 3.63) is 46.2 Å². The van der Waals surface area contributed by atoms with Crippen LogP contribution in [0.5, 0.6) is 0 Å². The van der Waals surface area contributed by atoms with Crippen LogP contribution in [0.1, 0.15) is 48.6 Å². The molecular weight excluding hydrogens is 280 g/mol. The average Bonchev–Trinajstić information content (AvgIpc) is 3.01. The van der Waals surface area contributed by atoms with Crippen molar-refractivity contribution in [2.45, 2.75) is 40.0 Å². The molecule has 1 unspecified atom stereocenters. The van der Waals surface area contributed by atoms with Crippen molar-refractivity contribution in [3.63, 3.8) is 0 Å². The summed E-state index contributed by atoms with van der Waals surface area (Å²) in [5, 5.41) is 13.9. The molecule has 0 bridgehead atoms. The summed E-state index contributed by atoms with van der Waals surface area (Å²) in [6, 6.07) is 8.91. The molecule has 0 aliphatic rings. The second-order valence-electron chi connectivity index (χ2n) is 5.94. The number of fused-ring (bicyclic) bond motifs is 1. The van der Waals surface area contributed by atoms with E-state index in [-0.39, 0.29) is 5.92 Å². The summed E-state index contributed by atoms with van der Waals surface area (Å²) in [6.45, 7) is 8.61. The highest BCUT2D eigenvalue weighted by Gasteiger charge is 2.16. The van der Waals surface area contributed by atoms with Gasteiger partial charge in [-0.25, -0.2) is 0 Å². The number of hydrogen-bond acceptors (Lipinski definition) is 4. The lowest BCUT2D eigenvalue weighted by Crippen LogP contribution is -1.99. The lowest BCUT2D eigenvalue weighted by atomic mass is 9.97. The summed E-state index contributed by atoms with van der Waals surface area (Å²) in [5.41, 5.74) is 2.69. The first-order valence-electron chi connectivity index (χ1n) is 7.32. The smallest absolute Gasteiger partial charge is 0.188 e. The van der Waals surface area contributed by atoms with Crippen LogP contribution in [-0.2, 0) is 6.42 Å². The zero-order chi connectivity index (χ0) is 15.0. The quantitative estimate of drug-likeness (QED) is 0.735. The van der Waals surface area contributed by atoms with Crippen molar-refractivity contribution in [3.8, 4) is 0 Å². The lowest BCUT2D eigenvalue weighted by molar-refractivity contribution is 0.647. The summed E-state index contributed by atoms with van der Waals surface area (Å²) in [6.07, 6.45) is 1.13. The van der Waals surface area contributed by atoms with Crippen LogP contribution in [0.2, 0.25) is 0 Å². The van der Waals surface area contributed by atoms with Gasteiger partial charge in [0.1, 0.15) is 5.01 Å². The molecule has 3 rings (SSSR count). The molecule has 0 aliphatic heterocycles. The Hall–Kier alpha value is -1.75. The topological polar surface area (TPSA) is 43.1 Å². The van der Waals surface area contributed by atoms with Crippen LogP contribution in [0.3, 0.4) is 0 Å². The van der Waals surface area contributed by atoms with Gasteiger partial charge >= 0.3 is 0 Å². The molecule has 1 aromatic carbocycles. The second kappa shape index (κ2) is 5.56. The molecule has 0 saturated carbocycles. The second-order valence-corrected chi connectivity index (χ2v) is 6.93. The number of nitrogens with zero attached hydrogens (tertiary/aromatic N) is 4. The molecule has 1 atom stereocenters. The predicted molar refractivity (Wildman–Crippen MR) is 85.9 cm³/mol. The number of aryl methyl sites for hydroxylation is 1. The van der Waals surface area contributed by atoms with Crippen molar-refractivity contribution in [1.29, 1.82) is 0 Å². The van der Waals surface area contributed by atoms with E-state index in [0.717, 1.165) is 22.2 Å². The molecule has 0 aliphatic carbocycles. The molecule has 5 heteroatoms. The average molecular weight is 300 g/mol. The van der Waals surface area contributed by atoms with Gasteiger partial charge in [0.25, 0.3) is 0 Å². The lowest BCUT2D eigenvalue weighted by Gasteiger charge is -2.10. The van der Waals surface area contributed by atoms with E-state index in [4.69, 9.17) is 0 Å². The number of hydrogen-bond donors (Lipinski definition) is 0. The van der Waals surface area contributed by atoms with Crippen molar-refractivity contribution < 1.29 is 0 Å². The summed E-state index contributed by atoms with van der Waals surface area (Å²) >= 11 is 1.61. The Morgan fingerprint density at radius 2 is 1.81 bits per heavy atom. The number of rotatable bonds is 4. The van der Waals surface area contributed by atoms with Gasteiger partial charge in [0, 0.05) is 5.92 Å². The SMILES string of the molecule is Cc1nnc2sc(C(C)c3ccc(CC(C)C)cc3)nn12. The van der Waals surface area contributed by atoms with E-state index in [2.05, 4.69) is 60.3 Å². The molecule has 0 amide bonds. The standard InChI is InChI=1S/C16H20N4S/c1-10(2)9-13-5-7-14(8-6-13)11(3)15-19-20-12(4)17-18-16(20)21-15/h5-8,10-11H,9H2,1-4H3. The fraction of sp³-hybridized carbons (Fsp3) is 0.438. The first kappa shape index (κ1) is 14.2. The molecule has 4 nitrogen and oxygen atoms in total. The minimum Gasteiger partial charge on any atom is -0.188 e. The van der Waals surface area contributed by atoms with E-state index in [1.807, 2.05) is 11.4 Å². The zero-order valence-electron chi connectivity index (χ0n) is 12.9. The Morgan fingerprint density at radius 1 is 1.10 bits per heavy atom. The fourth-order valence-electron chi connectivity index (χ4n) is 2.46. The third-order valence-corrected chi connectivity index (χ3v) is 4.74. The summed E-state index contributed by atoms with van der Waals surface area (Å²) in [4.78, 5) is 0.866. The highest BCUT2D eigenvalue weighted by molar-refractivity contribution is 7.16. The van der Waals surface area contributed by atoms with Crippen molar-refractivity contribution >= 4 is 16.3 Å². The van der Waals surface area contributed by atoms with E-state index in [1.165, 1.54) is 11.1 Å². The molecule has 2 heterocycles. The third kappa shape index (κ3) is 2.83. The van der Waals surface area contributed by atoms with Gasteiger partial charge in [0.15, 0.2) is 5.82 Å². The van der Waals surface area contributed by atoms with Gasteiger partial charge in [-0.2, -0.15) is 9.61 Å². The summed E-state index contributed by atoms with van der Waals surface area (Å²) in [5.74, 6) is 1.81. The van der Waals surface area contributed by atoms with Crippen molar-refractivity contribution in [2.24, 2.45) is 5.92 Å². The molecule has 0 N–H and O–H groups in total. The first-order chi connectivity index (χ1) is 10.0. The molecule has 110 valence electrons. The van der Waals surface area contributed by atoms with Gasteiger partial charge in [0.2, 0.25) is 4.96 Å². The third-order valence-electron chi connectivity index (χ3n) is 3.66. The van der Waals surface area contributed by atoms with E-state index in [1.54, 1.807) is 11.3 Å². The van der Waals surface area contributed by atoms with Gasteiger partial charge in [-0.3, -0.25) is 0 Å². The minimum absolute atomic E-state index is 0.282. The largest absolute Gasteiger partial charge is 0.234 e. The maximum absolute atomic E-state index is 4.63. The summed E-state index contributed by atoms with van der Waals surface area (Å²) in [7, 11) is 0. The Bertz CT molecular complexity index is 739. The number of benzene rings is 1. The monoisotopic (exact) mass is 300 g/mol. The Balaban J connectivity index is 1.85. The van der Waals surface area contributed by atoms with E-state index >= 15 is 0 Å². The molecule has 2 aromatic heterocycles. The Morgan fingerprint density at radius 3 is 2.43 bits per heavy atom. The van der Waals surface area contributed by atoms with Gasteiger partial charge in [-0.05, 0) is 30.4 Å². The van der Waals surface area contributed by atoms with Crippen LogP contribution >= 0.6 is 11.3 Å². The van der Waals surface area contributed by atoms with Crippen LogP contribution < -0.4 is 0 Å². The zero-order valence-corrected chi connectivity index (χ0v) is 13.7.